The van der Waals surface area contributed by atoms with Gasteiger partial charge in [0.15, 0.2) is 5.76 Å². The van der Waals surface area contributed by atoms with Crippen molar-refractivity contribution in [2.45, 2.75) is 33.1 Å². The van der Waals surface area contributed by atoms with Crippen LogP contribution in [0.15, 0.2) is 11.5 Å². The fraction of sp³-hybridized carbons (Fsp3) is 0.833. The van der Waals surface area contributed by atoms with Gasteiger partial charge in [0.1, 0.15) is 12.4 Å². The fourth-order valence-corrected chi connectivity index (χ4v) is 2.51. The van der Waals surface area contributed by atoms with Gasteiger partial charge in [-0.1, -0.05) is 13.8 Å². The van der Waals surface area contributed by atoms with Crippen LogP contribution in [0.2, 0.25) is 0 Å². The van der Waals surface area contributed by atoms with Gasteiger partial charge in [-0.25, -0.2) is 0 Å². The number of aliphatic hydroxyl groups is 3. The van der Waals surface area contributed by atoms with E-state index in [0.29, 0.717) is 13.0 Å². The van der Waals surface area contributed by atoms with Gasteiger partial charge in [-0.2, -0.15) is 11.8 Å². The van der Waals surface area contributed by atoms with E-state index in [9.17, 15) is 5.11 Å². The van der Waals surface area contributed by atoms with E-state index in [4.69, 9.17) is 15.9 Å². The largest absolute Gasteiger partial charge is 0.509 e. The van der Waals surface area contributed by atoms with Crippen molar-refractivity contribution in [3.8, 4) is 0 Å². The van der Waals surface area contributed by atoms with Gasteiger partial charge in [0.2, 0.25) is 0 Å². The quantitative estimate of drug-likeness (QED) is 0.378. The molecule has 0 heterocycles. The molecule has 0 saturated heterocycles. The molecule has 0 aromatic rings. The summed E-state index contributed by atoms with van der Waals surface area (Å²) in [5.74, 6) is 1.50. The summed E-state index contributed by atoms with van der Waals surface area (Å²) in [4.78, 5) is 0. The normalized spacial score (nSPS) is 16.5. The number of hydrogen-bond acceptors (Lipinski definition) is 5. The standard InChI is InChI=1S/C12H25NO3S/c1-3-12(2,8-13)9-17-6-4-5-10(15)11(16)7-14/h14-16H,3-9,13H2,1-2H3/b11-10+. The van der Waals surface area contributed by atoms with E-state index in [1.165, 1.54) is 0 Å². The van der Waals surface area contributed by atoms with Crippen molar-refractivity contribution in [3.05, 3.63) is 11.5 Å². The van der Waals surface area contributed by atoms with Crippen molar-refractivity contribution in [3.63, 3.8) is 0 Å². The molecule has 0 aromatic carbocycles. The number of nitrogens with two attached hydrogens (primary N) is 1. The Bertz CT molecular complexity index is 240. The zero-order valence-electron chi connectivity index (χ0n) is 10.8. The first-order valence-electron chi connectivity index (χ1n) is 5.97. The Morgan fingerprint density at radius 1 is 1.29 bits per heavy atom. The Morgan fingerprint density at radius 3 is 2.41 bits per heavy atom. The molecule has 0 radical (unpaired) electrons. The monoisotopic (exact) mass is 263 g/mol. The average molecular weight is 263 g/mol. The van der Waals surface area contributed by atoms with Crippen molar-refractivity contribution < 1.29 is 15.3 Å². The highest BCUT2D eigenvalue weighted by atomic mass is 32.2. The molecule has 1 atom stereocenters. The predicted octanol–water partition coefficient (Wildman–Crippen LogP) is 2.19. The van der Waals surface area contributed by atoms with Gasteiger partial charge in [0.25, 0.3) is 0 Å². The number of allylic oxidation sites excluding steroid dienone is 1. The van der Waals surface area contributed by atoms with Crippen LogP contribution in [-0.4, -0.2) is 40.0 Å². The third-order valence-electron chi connectivity index (χ3n) is 2.98. The minimum absolute atomic E-state index is 0.106. The topological polar surface area (TPSA) is 86.7 Å². The number of aliphatic hydroxyl groups excluding tert-OH is 3. The van der Waals surface area contributed by atoms with Gasteiger partial charge in [-0.05, 0) is 36.3 Å². The molecule has 0 aromatic heterocycles. The van der Waals surface area contributed by atoms with E-state index >= 15 is 0 Å². The SMILES string of the molecule is CCC(C)(CN)CSCCC/C(O)=C(\O)CO. The minimum atomic E-state index is -0.500. The van der Waals surface area contributed by atoms with Gasteiger partial charge in [-0.15, -0.1) is 0 Å². The number of hydrogen-bond donors (Lipinski definition) is 4. The maximum atomic E-state index is 9.31. The lowest BCUT2D eigenvalue weighted by Gasteiger charge is -2.25. The van der Waals surface area contributed by atoms with Crippen molar-refractivity contribution in [2.75, 3.05) is 24.7 Å². The van der Waals surface area contributed by atoms with Crippen LogP contribution >= 0.6 is 11.8 Å². The molecule has 0 spiro atoms. The molecule has 0 amide bonds. The summed E-state index contributed by atoms with van der Waals surface area (Å²) in [6.45, 7) is 4.50. The molecule has 0 aliphatic heterocycles. The molecule has 0 aliphatic carbocycles. The molecule has 5 N–H and O–H groups in total. The van der Waals surface area contributed by atoms with Crippen molar-refractivity contribution in [1.82, 2.24) is 0 Å². The van der Waals surface area contributed by atoms with Crippen molar-refractivity contribution in [1.29, 1.82) is 0 Å². The lowest BCUT2D eigenvalue weighted by molar-refractivity contribution is 0.223. The molecule has 17 heavy (non-hydrogen) atoms. The molecule has 0 bridgehead atoms. The van der Waals surface area contributed by atoms with Gasteiger partial charge >= 0.3 is 0 Å². The smallest absolute Gasteiger partial charge is 0.155 e. The van der Waals surface area contributed by atoms with E-state index in [1.807, 2.05) is 11.8 Å². The van der Waals surface area contributed by atoms with Crippen LogP contribution in [0.4, 0.5) is 0 Å². The number of thioether (sulfide) groups is 1. The molecule has 102 valence electrons. The highest BCUT2D eigenvalue weighted by Gasteiger charge is 2.19. The van der Waals surface area contributed by atoms with E-state index in [-0.39, 0.29) is 16.9 Å². The maximum absolute atomic E-state index is 9.31. The van der Waals surface area contributed by atoms with Crippen LogP contribution in [0.1, 0.15) is 33.1 Å². The predicted molar refractivity (Wildman–Crippen MR) is 73.4 cm³/mol. The number of rotatable bonds is 9. The third-order valence-corrected chi connectivity index (χ3v) is 4.46. The molecule has 0 fully saturated rings. The van der Waals surface area contributed by atoms with Crippen LogP contribution in [0.5, 0.6) is 0 Å². The van der Waals surface area contributed by atoms with Crippen LogP contribution in [0.25, 0.3) is 0 Å². The first-order chi connectivity index (χ1) is 7.99. The Kier molecular flexibility index (Phi) is 8.47. The van der Waals surface area contributed by atoms with Gasteiger partial charge in [0.05, 0.1) is 0 Å². The molecule has 5 heteroatoms. The Morgan fingerprint density at radius 2 is 1.94 bits per heavy atom. The fourth-order valence-electron chi connectivity index (χ4n) is 1.20. The maximum Gasteiger partial charge on any atom is 0.155 e. The second kappa shape index (κ2) is 8.66. The molecule has 0 saturated carbocycles. The second-order valence-corrected chi connectivity index (χ2v) is 5.68. The summed E-state index contributed by atoms with van der Waals surface area (Å²) in [5.41, 5.74) is 5.91. The lowest BCUT2D eigenvalue weighted by atomic mass is 9.90. The Labute approximate surface area is 108 Å². The molecule has 0 aliphatic rings. The highest BCUT2D eigenvalue weighted by Crippen LogP contribution is 2.25. The van der Waals surface area contributed by atoms with Gasteiger partial charge in [0, 0.05) is 6.42 Å². The highest BCUT2D eigenvalue weighted by molar-refractivity contribution is 7.99. The van der Waals surface area contributed by atoms with Crippen LogP contribution in [0.3, 0.4) is 0 Å². The first kappa shape index (κ1) is 16.6. The zero-order chi connectivity index (χ0) is 13.3. The average Bonchev–Trinajstić information content (AvgIpc) is 2.36. The Hall–Kier alpha value is -0.390. The summed E-state index contributed by atoms with van der Waals surface area (Å²) < 4.78 is 0. The van der Waals surface area contributed by atoms with Crippen LogP contribution in [0, 0.1) is 5.41 Å². The van der Waals surface area contributed by atoms with Crippen molar-refractivity contribution in [2.24, 2.45) is 11.1 Å². The van der Waals surface area contributed by atoms with Crippen molar-refractivity contribution >= 4 is 11.8 Å². The molecular weight excluding hydrogens is 238 g/mol. The molecule has 1 unspecified atom stereocenters. The van der Waals surface area contributed by atoms with E-state index in [2.05, 4.69) is 13.8 Å². The minimum Gasteiger partial charge on any atom is -0.509 e. The van der Waals surface area contributed by atoms with Gasteiger partial charge in [-0.3, -0.25) is 0 Å². The molecule has 0 rings (SSSR count). The first-order valence-corrected chi connectivity index (χ1v) is 7.13. The summed E-state index contributed by atoms with van der Waals surface area (Å²) in [5, 5.41) is 26.9. The van der Waals surface area contributed by atoms with Crippen LogP contribution in [-0.2, 0) is 0 Å². The summed E-state index contributed by atoms with van der Waals surface area (Å²) in [7, 11) is 0. The summed E-state index contributed by atoms with van der Waals surface area (Å²) >= 11 is 1.81. The summed E-state index contributed by atoms with van der Waals surface area (Å²) in [6, 6.07) is 0. The van der Waals surface area contributed by atoms with Gasteiger partial charge < -0.3 is 21.1 Å². The molecule has 4 nitrogen and oxygen atoms in total. The summed E-state index contributed by atoms with van der Waals surface area (Å²) in [6.07, 6.45) is 2.25. The van der Waals surface area contributed by atoms with E-state index in [1.54, 1.807) is 0 Å². The molecular formula is C12H25NO3S. The zero-order valence-corrected chi connectivity index (χ0v) is 11.6. The Balaban J connectivity index is 3.73. The van der Waals surface area contributed by atoms with Crippen LogP contribution < -0.4 is 5.73 Å². The van der Waals surface area contributed by atoms with E-state index < -0.39 is 6.61 Å². The second-order valence-electron chi connectivity index (χ2n) is 4.58. The van der Waals surface area contributed by atoms with E-state index in [0.717, 1.165) is 24.3 Å². The third kappa shape index (κ3) is 6.81. The lowest BCUT2D eigenvalue weighted by Crippen LogP contribution is -2.29.